The topological polar surface area (TPSA) is 74.5 Å². The summed E-state index contributed by atoms with van der Waals surface area (Å²) in [5, 5.41) is 10.5. The van der Waals surface area contributed by atoms with Gasteiger partial charge >= 0.3 is 0 Å². The van der Waals surface area contributed by atoms with Crippen molar-refractivity contribution in [2.24, 2.45) is 5.92 Å². The van der Waals surface area contributed by atoms with Crippen molar-refractivity contribution < 1.29 is 9.90 Å². The van der Waals surface area contributed by atoms with Gasteiger partial charge < -0.3 is 19.5 Å². The van der Waals surface area contributed by atoms with E-state index < -0.39 is 0 Å². The second-order valence-corrected chi connectivity index (χ2v) is 7.25. The van der Waals surface area contributed by atoms with Crippen LogP contribution in [-0.2, 0) is 24.3 Å². The van der Waals surface area contributed by atoms with Crippen LogP contribution in [0.3, 0.4) is 0 Å². The SMILES string of the molecule is CN1Cc2c(n(CCN3CCCC(CO)C3)c3ncncc23)CC1=O. The molecule has 7 heteroatoms. The lowest BCUT2D eigenvalue weighted by Crippen LogP contribution is -2.39. The van der Waals surface area contributed by atoms with Gasteiger partial charge in [0.05, 0.1) is 6.42 Å². The number of likely N-dealkylation sites (N-methyl/N-ethyl adjacent to an activating group) is 1. The van der Waals surface area contributed by atoms with Crippen molar-refractivity contribution >= 4 is 16.9 Å². The summed E-state index contributed by atoms with van der Waals surface area (Å²) in [7, 11) is 1.85. The largest absolute Gasteiger partial charge is 0.396 e. The number of carbonyl (C=O) groups excluding carboxylic acids is 1. The van der Waals surface area contributed by atoms with Crippen LogP contribution in [0.25, 0.3) is 11.0 Å². The van der Waals surface area contributed by atoms with E-state index in [0.717, 1.165) is 55.7 Å². The lowest BCUT2D eigenvalue weighted by atomic mass is 9.99. The molecule has 1 N–H and O–H groups in total. The maximum absolute atomic E-state index is 12.2. The van der Waals surface area contributed by atoms with Crippen LogP contribution in [0.4, 0.5) is 0 Å². The molecule has 0 spiro atoms. The summed E-state index contributed by atoms with van der Waals surface area (Å²) in [5.41, 5.74) is 3.21. The number of aromatic nitrogens is 3. The van der Waals surface area contributed by atoms with Crippen LogP contribution in [0, 0.1) is 5.92 Å². The number of hydrogen-bond acceptors (Lipinski definition) is 5. The van der Waals surface area contributed by atoms with E-state index in [9.17, 15) is 9.90 Å². The third-order valence-corrected chi connectivity index (χ3v) is 5.59. The van der Waals surface area contributed by atoms with Crippen molar-refractivity contribution in [2.45, 2.75) is 32.4 Å². The van der Waals surface area contributed by atoms with Crippen molar-refractivity contribution in [3.05, 3.63) is 23.8 Å². The van der Waals surface area contributed by atoms with Gasteiger partial charge in [-0.15, -0.1) is 0 Å². The Morgan fingerprint density at radius 1 is 1.36 bits per heavy atom. The zero-order chi connectivity index (χ0) is 17.4. The molecule has 4 heterocycles. The van der Waals surface area contributed by atoms with E-state index in [1.807, 2.05) is 13.2 Å². The molecule has 2 aliphatic rings. The summed E-state index contributed by atoms with van der Waals surface area (Å²) in [4.78, 5) is 25.1. The molecule has 2 aliphatic heterocycles. The molecule has 1 fully saturated rings. The Balaban J connectivity index is 1.61. The molecule has 1 saturated heterocycles. The number of nitrogens with zero attached hydrogens (tertiary/aromatic N) is 5. The number of likely N-dealkylation sites (tertiary alicyclic amines) is 1. The minimum Gasteiger partial charge on any atom is -0.396 e. The van der Waals surface area contributed by atoms with Crippen LogP contribution >= 0.6 is 0 Å². The standard InChI is InChI=1S/C18H25N5O2/c1-21-10-15-14-8-19-12-20-18(14)23(16(15)7-17(21)25)6-5-22-4-2-3-13(9-22)11-24/h8,12-13,24H,2-7,9-11H2,1H3. The molecule has 1 amide bonds. The van der Waals surface area contributed by atoms with Crippen molar-refractivity contribution in [1.82, 2.24) is 24.3 Å². The summed E-state index contributed by atoms with van der Waals surface area (Å²) < 4.78 is 2.21. The van der Waals surface area contributed by atoms with E-state index in [2.05, 4.69) is 19.4 Å². The van der Waals surface area contributed by atoms with Gasteiger partial charge in [0.15, 0.2) is 0 Å². The quantitative estimate of drug-likeness (QED) is 0.882. The van der Waals surface area contributed by atoms with E-state index in [1.165, 1.54) is 5.56 Å². The molecule has 134 valence electrons. The smallest absolute Gasteiger partial charge is 0.228 e. The fourth-order valence-corrected chi connectivity index (χ4v) is 4.17. The van der Waals surface area contributed by atoms with Crippen molar-refractivity contribution in [2.75, 3.05) is 33.3 Å². The predicted molar refractivity (Wildman–Crippen MR) is 94.0 cm³/mol. The highest BCUT2D eigenvalue weighted by Gasteiger charge is 2.28. The highest BCUT2D eigenvalue weighted by Crippen LogP contribution is 2.29. The Morgan fingerprint density at radius 3 is 3.08 bits per heavy atom. The first kappa shape index (κ1) is 16.5. The Bertz CT molecular complexity index is 787. The average Bonchev–Trinajstić information content (AvgIpc) is 2.93. The molecule has 7 nitrogen and oxygen atoms in total. The maximum atomic E-state index is 12.2. The van der Waals surface area contributed by atoms with Crippen molar-refractivity contribution in [3.63, 3.8) is 0 Å². The molecule has 2 aromatic heterocycles. The van der Waals surface area contributed by atoms with Gasteiger partial charge in [-0.2, -0.15) is 0 Å². The zero-order valence-electron chi connectivity index (χ0n) is 14.7. The van der Waals surface area contributed by atoms with Gasteiger partial charge in [-0.05, 0) is 25.3 Å². The molecule has 25 heavy (non-hydrogen) atoms. The number of aliphatic hydroxyl groups excluding tert-OH is 1. The number of fused-ring (bicyclic) bond motifs is 3. The lowest BCUT2D eigenvalue weighted by molar-refractivity contribution is -0.130. The summed E-state index contributed by atoms with van der Waals surface area (Å²) in [6.45, 7) is 4.66. The predicted octanol–water partition coefficient (Wildman–Crippen LogP) is 0.650. The highest BCUT2D eigenvalue weighted by atomic mass is 16.3. The van der Waals surface area contributed by atoms with Crippen molar-refractivity contribution in [1.29, 1.82) is 0 Å². The van der Waals surface area contributed by atoms with E-state index in [-0.39, 0.29) is 12.5 Å². The number of hydrogen-bond donors (Lipinski definition) is 1. The van der Waals surface area contributed by atoms with E-state index >= 15 is 0 Å². The van der Waals surface area contributed by atoms with Gasteiger partial charge in [-0.25, -0.2) is 9.97 Å². The second-order valence-electron chi connectivity index (χ2n) is 7.25. The van der Waals surface area contributed by atoms with E-state index in [4.69, 9.17) is 0 Å². The molecule has 0 bridgehead atoms. The lowest BCUT2D eigenvalue weighted by Gasteiger charge is -2.32. The van der Waals surface area contributed by atoms with Crippen LogP contribution in [0.2, 0.25) is 0 Å². The third-order valence-electron chi connectivity index (χ3n) is 5.59. The van der Waals surface area contributed by atoms with Crippen LogP contribution in [0.15, 0.2) is 12.5 Å². The summed E-state index contributed by atoms with van der Waals surface area (Å²) in [6.07, 6.45) is 6.13. The molecule has 1 atom stereocenters. The van der Waals surface area contributed by atoms with Crippen LogP contribution in [-0.4, -0.2) is 68.6 Å². The molecular formula is C18H25N5O2. The molecule has 4 rings (SSSR count). The Hall–Kier alpha value is -1.99. The molecule has 1 unspecified atom stereocenters. The van der Waals surface area contributed by atoms with E-state index in [1.54, 1.807) is 11.2 Å². The zero-order valence-corrected chi connectivity index (χ0v) is 14.7. The monoisotopic (exact) mass is 343 g/mol. The minimum atomic E-state index is 0.155. The maximum Gasteiger partial charge on any atom is 0.228 e. The Labute approximate surface area is 147 Å². The highest BCUT2D eigenvalue weighted by molar-refractivity contribution is 5.88. The van der Waals surface area contributed by atoms with Crippen LogP contribution in [0.5, 0.6) is 0 Å². The Morgan fingerprint density at radius 2 is 2.24 bits per heavy atom. The molecule has 0 saturated carbocycles. The van der Waals surface area contributed by atoms with Gasteiger partial charge in [0, 0.05) is 62.7 Å². The Kier molecular flexibility index (Phi) is 4.43. The molecule has 0 aromatic carbocycles. The van der Waals surface area contributed by atoms with Gasteiger partial charge in [0.2, 0.25) is 5.91 Å². The molecule has 0 radical (unpaired) electrons. The number of amides is 1. The van der Waals surface area contributed by atoms with Crippen LogP contribution < -0.4 is 0 Å². The first-order valence-electron chi connectivity index (χ1n) is 9.04. The molecule has 0 aliphatic carbocycles. The van der Waals surface area contributed by atoms with Gasteiger partial charge in [-0.1, -0.05) is 0 Å². The first-order valence-corrected chi connectivity index (χ1v) is 9.04. The number of aliphatic hydroxyl groups is 1. The molecule has 2 aromatic rings. The first-order chi connectivity index (χ1) is 12.2. The summed E-state index contributed by atoms with van der Waals surface area (Å²) in [6, 6.07) is 0. The summed E-state index contributed by atoms with van der Waals surface area (Å²) in [5.74, 6) is 0.546. The third kappa shape index (κ3) is 3.02. The normalized spacial score (nSPS) is 21.8. The van der Waals surface area contributed by atoms with Crippen LogP contribution in [0.1, 0.15) is 24.1 Å². The van der Waals surface area contributed by atoms with E-state index in [0.29, 0.717) is 18.9 Å². The fraction of sp³-hybridized carbons (Fsp3) is 0.611. The number of carbonyl (C=O) groups is 1. The van der Waals surface area contributed by atoms with Crippen molar-refractivity contribution in [3.8, 4) is 0 Å². The van der Waals surface area contributed by atoms with Gasteiger partial charge in [0.1, 0.15) is 12.0 Å². The average molecular weight is 343 g/mol. The number of rotatable bonds is 4. The number of piperidine rings is 1. The van der Waals surface area contributed by atoms with Gasteiger partial charge in [-0.3, -0.25) is 4.79 Å². The summed E-state index contributed by atoms with van der Waals surface area (Å²) >= 11 is 0. The molecular weight excluding hydrogens is 318 g/mol. The fourth-order valence-electron chi connectivity index (χ4n) is 4.17. The second kappa shape index (κ2) is 6.72. The van der Waals surface area contributed by atoms with Gasteiger partial charge in [0.25, 0.3) is 0 Å². The minimum absolute atomic E-state index is 0.155.